The smallest absolute Gasteiger partial charge is 0.256 e. The van der Waals surface area contributed by atoms with Gasteiger partial charge in [0.15, 0.2) is 0 Å². The Kier molecular flexibility index (Phi) is 7.94. The molecule has 1 radical (unpaired) electrons. The number of benzene rings is 1. The van der Waals surface area contributed by atoms with Crippen LogP contribution in [0.25, 0.3) is 11.3 Å². The summed E-state index contributed by atoms with van der Waals surface area (Å²) in [6, 6.07) is 9.29. The summed E-state index contributed by atoms with van der Waals surface area (Å²) in [5.41, 5.74) is 0.435. The van der Waals surface area contributed by atoms with E-state index in [1.54, 1.807) is 40.8 Å². The van der Waals surface area contributed by atoms with Crippen LogP contribution in [0.1, 0.15) is 0 Å². The van der Waals surface area contributed by atoms with Crippen molar-refractivity contribution in [1.29, 1.82) is 0 Å². The summed E-state index contributed by atoms with van der Waals surface area (Å²) in [6.45, 7) is -0.670. The fourth-order valence-electron chi connectivity index (χ4n) is 1.72. The molecule has 0 bridgehead atoms. The Morgan fingerprint density at radius 3 is 2.67 bits per heavy atom. The number of aromatic nitrogens is 1. The second kappa shape index (κ2) is 8.48. The van der Waals surface area contributed by atoms with E-state index in [1.165, 1.54) is 6.07 Å². The van der Waals surface area contributed by atoms with Gasteiger partial charge in [0.05, 0.1) is 6.54 Å². The predicted molar refractivity (Wildman–Crippen MR) is 86.4 cm³/mol. The Morgan fingerprint density at radius 1 is 1.43 bits per heavy atom. The van der Waals surface area contributed by atoms with Gasteiger partial charge in [0.1, 0.15) is 0 Å². The molecular formula is C13H7BrClF2INOY-. The van der Waals surface area contributed by atoms with Gasteiger partial charge in [-0.15, -0.1) is 28.7 Å². The van der Waals surface area contributed by atoms with Gasteiger partial charge < -0.3 is 4.57 Å². The van der Waals surface area contributed by atoms with E-state index in [0.29, 0.717) is 24.3 Å². The van der Waals surface area contributed by atoms with Crippen LogP contribution < -0.4 is 5.56 Å². The average molecular weight is 562 g/mol. The molecule has 2 aromatic rings. The van der Waals surface area contributed by atoms with Gasteiger partial charge in [-0.3, -0.25) is 4.79 Å². The third-order valence-corrected chi connectivity index (χ3v) is 4.23. The minimum atomic E-state index is -2.62. The fraction of sp³-hybridized carbons (Fsp3) is 0.154. The summed E-state index contributed by atoms with van der Waals surface area (Å²) in [4.78, 5) is 12.0. The molecule has 0 N–H and O–H groups in total. The molecule has 0 atom stereocenters. The third kappa shape index (κ3) is 4.80. The Balaban J connectivity index is 0.00000220. The van der Waals surface area contributed by atoms with Gasteiger partial charge in [-0.25, -0.2) is 8.78 Å². The first-order valence-electron chi connectivity index (χ1n) is 5.44. The van der Waals surface area contributed by atoms with Crippen LogP contribution in [0.5, 0.6) is 0 Å². The molecular weight excluding hydrogens is 555 g/mol. The molecule has 0 saturated heterocycles. The quantitative estimate of drug-likeness (QED) is 0.396. The first-order valence-corrected chi connectivity index (χ1v) is 7.69. The normalized spacial score (nSPS) is 10.6. The average Bonchev–Trinajstić information content (AvgIpc) is 2.36. The van der Waals surface area contributed by atoms with Crippen LogP contribution in [0.15, 0.2) is 33.5 Å². The van der Waals surface area contributed by atoms with E-state index in [0.717, 1.165) is 4.57 Å². The molecule has 21 heavy (non-hydrogen) atoms. The van der Waals surface area contributed by atoms with E-state index in [1.807, 2.05) is 0 Å². The zero-order valence-corrected chi connectivity index (χ0v) is 17.8. The Labute approximate surface area is 172 Å². The Hall–Kier alpha value is 0.634. The zero-order chi connectivity index (χ0) is 14.9. The van der Waals surface area contributed by atoms with Crippen LogP contribution in [0.4, 0.5) is 8.78 Å². The van der Waals surface area contributed by atoms with Crippen LogP contribution in [0, 0.1) is 9.64 Å². The van der Waals surface area contributed by atoms with Crippen molar-refractivity contribution < 1.29 is 41.5 Å². The number of hydrogen-bond acceptors (Lipinski definition) is 1. The molecule has 0 amide bonds. The van der Waals surface area contributed by atoms with Gasteiger partial charge >= 0.3 is 0 Å². The van der Waals surface area contributed by atoms with Crippen molar-refractivity contribution in [1.82, 2.24) is 4.57 Å². The standard InChI is InChI=1S/C13H7BrClF2INO.Y/c14-9-5-7(15)1-2-8(9)11-4-3-10(18)13(20)19(11)6-12(16)17;/h1-3,5,12H,6H2;/q-1;. The molecule has 1 heterocycles. The summed E-state index contributed by atoms with van der Waals surface area (Å²) < 4.78 is 27.4. The maximum atomic E-state index is 12.7. The summed E-state index contributed by atoms with van der Waals surface area (Å²) in [6.07, 6.45) is -2.62. The summed E-state index contributed by atoms with van der Waals surface area (Å²) in [5, 5.41) is 0.508. The molecule has 0 spiro atoms. The molecule has 0 aliphatic heterocycles. The van der Waals surface area contributed by atoms with Crippen LogP contribution in [0.2, 0.25) is 5.02 Å². The molecule has 0 fully saturated rings. The third-order valence-electron chi connectivity index (χ3n) is 2.56. The van der Waals surface area contributed by atoms with Crippen LogP contribution in [-0.2, 0) is 39.3 Å². The zero-order valence-electron chi connectivity index (χ0n) is 10.4. The fourth-order valence-corrected chi connectivity index (χ4v) is 3.04. The van der Waals surface area contributed by atoms with Crippen LogP contribution >= 0.6 is 50.1 Å². The number of nitrogens with zero attached hydrogens (tertiary/aromatic N) is 1. The molecule has 1 aromatic carbocycles. The SMILES string of the molecule is O=c1c(I)c[c-]c(-c2ccc(Cl)cc2Br)n1CC(F)F.[Y]. The number of rotatable bonds is 3. The number of halogens is 5. The van der Waals surface area contributed by atoms with Gasteiger partial charge in [-0.1, -0.05) is 44.9 Å². The largest absolute Gasteiger partial charge is 0.336 e. The van der Waals surface area contributed by atoms with Crippen molar-refractivity contribution in [3.63, 3.8) is 0 Å². The molecule has 109 valence electrons. The second-order valence-electron chi connectivity index (χ2n) is 3.92. The molecule has 0 unspecified atom stereocenters. The second-order valence-corrected chi connectivity index (χ2v) is 6.37. The van der Waals surface area contributed by atoms with E-state index in [2.05, 4.69) is 22.0 Å². The van der Waals surface area contributed by atoms with Crippen LogP contribution in [0.3, 0.4) is 0 Å². The van der Waals surface area contributed by atoms with Gasteiger partial charge in [-0.2, -0.15) is 12.1 Å². The monoisotopic (exact) mass is 561 g/mol. The van der Waals surface area contributed by atoms with E-state index in [-0.39, 0.29) is 32.7 Å². The van der Waals surface area contributed by atoms with Gasteiger partial charge in [0.2, 0.25) is 5.56 Å². The van der Waals surface area contributed by atoms with Crippen molar-refractivity contribution in [2.24, 2.45) is 0 Å². The van der Waals surface area contributed by atoms with Gasteiger partial charge in [-0.05, 0) is 14.1 Å². The minimum absolute atomic E-state index is 0. The first-order chi connectivity index (χ1) is 9.40. The Morgan fingerprint density at radius 2 is 2.10 bits per heavy atom. The molecule has 2 nitrogen and oxygen atoms in total. The van der Waals surface area contributed by atoms with Gasteiger partial charge in [0, 0.05) is 37.7 Å². The van der Waals surface area contributed by atoms with E-state index < -0.39 is 18.5 Å². The van der Waals surface area contributed by atoms with Crippen molar-refractivity contribution in [2.75, 3.05) is 0 Å². The molecule has 2 rings (SSSR count). The predicted octanol–water partition coefficient (Wildman–Crippen LogP) is 4.60. The van der Waals surface area contributed by atoms with E-state index in [9.17, 15) is 13.6 Å². The van der Waals surface area contributed by atoms with E-state index >= 15 is 0 Å². The topological polar surface area (TPSA) is 22.0 Å². The first kappa shape index (κ1) is 19.7. The minimum Gasteiger partial charge on any atom is -0.336 e. The van der Waals surface area contributed by atoms with Crippen molar-refractivity contribution in [2.45, 2.75) is 13.0 Å². The number of hydrogen-bond donors (Lipinski definition) is 0. The molecule has 8 heteroatoms. The molecule has 1 aromatic heterocycles. The van der Waals surface area contributed by atoms with Crippen molar-refractivity contribution >= 4 is 50.1 Å². The number of alkyl halides is 2. The molecule has 0 aliphatic rings. The van der Waals surface area contributed by atoms with Crippen LogP contribution in [-0.4, -0.2) is 11.0 Å². The summed E-state index contributed by atoms with van der Waals surface area (Å²) >= 11 is 11.0. The Bertz CT molecular complexity index is 711. The summed E-state index contributed by atoms with van der Waals surface area (Å²) in [5.74, 6) is 0. The summed E-state index contributed by atoms with van der Waals surface area (Å²) in [7, 11) is 0. The van der Waals surface area contributed by atoms with Crippen molar-refractivity contribution in [3.05, 3.63) is 53.8 Å². The van der Waals surface area contributed by atoms with Gasteiger partial charge in [0.25, 0.3) is 6.43 Å². The molecule has 0 aliphatic carbocycles. The maximum Gasteiger partial charge on any atom is 0.256 e. The molecule has 0 saturated carbocycles. The van der Waals surface area contributed by atoms with E-state index in [4.69, 9.17) is 11.6 Å². The number of pyridine rings is 1. The van der Waals surface area contributed by atoms with Crippen molar-refractivity contribution in [3.8, 4) is 11.3 Å². The maximum absolute atomic E-state index is 12.7.